The number of aromatic amines is 1. The molecule has 0 unspecified atom stereocenters. The van der Waals surface area contributed by atoms with Crippen LogP contribution in [0.1, 0.15) is 19.3 Å². The molecule has 0 spiro atoms. The third kappa shape index (κ3) is 6.12. The molecule has 0 atom stereocenters. The molecule has 2 aliphatic rings. The van der Waals surface area contributed by atoms with Gasteiger partial charge in [0.15, 0.2) is 0 Å². The van der Waals surface area contributed by atoms with Crippen molar-refractivity contribution in [1.82, 2.24) is 24.9 Å². The highest BCUT2D eigenvalue weighted by atomic mass is 32.2. The van der Waals surface area contributed by atoms with E-state index in [1.54, 1.807) is 6.33 Å². The maximum absolute atomic E-state index is 5.49. The lowest BCUT2D eigenvalue weighted by atomic mass is 10.1. The minimum absolute atomic E-state index is 0.725. The molecule has 2 fully saturated rings. The number of aromatic nitrogens is 5. The molecule has 5 heterocycles. The van der Waals surface area contributed by atoms with Crippen LogP contribution in [0.15, 0.2) is 49.1 Å². The van der Waals surface area contributed by atoms with Crippen molar-refractivity contribution in [2.75, 3.05) is 60.8 Å². The SMILES string of the molecule is CSN.c1nc(N2CCOCC2)c2cc(-c3ccc(Nc4cnc(N5CCCCC5)nc4)cc3)[nH]c2n1. The van der Waals surface area contributed by atoms with E-state index in [9.17, 15) is 0 Å². The summed E-state index contributed by atoms with van der Waals surface area (Å²) in [5, 5.41) is 9.20. The highest BCUT2D eigenvalue weighted by molar-refractivity contribution is 7.96. The molecular weight excluding hydrogens is 486 g/mol. The second-order valence-electron chi connectivity index (χ2n) is 9.00. The summed E-state index contributed by atoms with van der Waals surface area (Å²) in [6.07, 6.45) is 10.9. The van der Waals surface area contributed by atoms with Crippen LogP contribution < -0.4 is 20.3 Å². The van der Waals surface area contributed by atoms with Crippen molar-refractivity contribution in [2.45, 2.75) is 19.3 Å². The maximum Gasteiger partial charge on any atom is 0.225 e. The summed E-state index contributed by atoms with van der Waals surface area (Å²) in [5.74, 6) is 1.78. The first-order valence-corrected chi connectivity index (χ1v) is 13.9. The molecule has 0 amide bonds. The van der Waals surface area contributed by atoms with Crippen LogP contribution in [0.25, 0.3) is 22.3 Å². The highest BCUT2D eigenvalue weighted by Crippen LogP contribution is 2.30. The second-order valence-corrected chi connectivity index (χ2v) is 9.47. The number of anilines is 4. The molecule has 0 aliphatic carbocycles. The zero-order chi connectivity index (χ0) is 25.5. The van der Waals surface area contributed by atoms with Gasteiger partial charge in [0, 0.05) is 37.6 Å². The number of fused-ring (bicyclic) bond motifs is 1. The first kappa shape index (κ1) is 25.2. The number of rotatable bonds is 5. The number of ether oxygens (including phenoxy) is 1. The lowest BCUT2D eigenvalue weighted by Gasteiger charge is -2.27. The van der Waals surface area contributed by atoms with Crippen LogP contribution in [0.5, 0.6) is 0 Å². The molecule has 0 bridgehead atoms. The number of nitrogens with two attached hydrogens (primary N) is 1. The van der Waals surface area contributed by atoms with Gasteiger partial charge >= 0.3 is 0 Å². The third-order valence-electron chi connectivity index (χ3n) is 6.48. The maximum atomic E-state index is 5.49. The predicted molar refractivity (Wildman–Crippen MR) is 151 cm³/mol. The molecule has 0 saturated carbocycles. The topological polar surface area (TPSA) is 121 Å². The van der Waals surface area contributed by atoms with Crippen LogP contribution in [0.4, 0.5) is 23.1 Å². The fraction of sp³-hybridized carbons (Fsp3) is 0.385. The Bertz CT molecular complexity index is 1270. The Morgan fingerprint density at radius 2 is 1.59 bits per heavy atom. The second kappa shape index (κ2) is 12.2. The quantitative estimate of drug-likeness (QED) is 0.331. The number of H-pyrrole nitrogens is 1. The van der Waals surface area contributed by atoms with Crippen LogP contribution in [-0.4, -0.2) is 70.6 Å². The molecular formula is C26H33N9OS. The minimum Gasteiger partial charge on any atom is -0.378 e. The number of benzene rings is 1. The van der Waals surface area contributed by atoms with E-state index in [2.05, 4.69) is 70.4 Å². The Hall–Kier alpha value is -3.41. The van der Waals surface area contributed by atoms with Gasteiger partial charge in [-0.05, 0) is 49.3 Å². The van der Waals surface area contributed by atoms with Gasteiger partial charge in [-0.25, -0.2) is 19.9 Å². The minimum atomic E-state index is 0.725. The van der Waals surface area contributed by atoms with Crippen LogP contribution >= 0.6 is 11.9 Å². The number of hydrogen-bond acceptors (Lipinski definition) is 10. The summed E-state index contributed by atoms with van der Waals surface area (Å²) >= 11 is 1.25. The fourth-order valence-electron chi connectivity index (χ4n) is 4.65. The molecule has 4 N–H and O–H groups in total. The molecule has 6 rings (SSSR count). The molecule has 2 aliphatic heterocycles. The van der Waals surface area contributed by atoms with E-state index >= 15 is 0 Å². The van der Waals surface area contributed by atoms with Gasteiger partial charge in [-0.3, -0.25) is 5.14 Å². The standard InChI is InChI=1S/C25H28N8O.CH5NS/c1-2-8-33(9-3-1)25-26-15-20(16-27-25)30-19-6-4-18(5-7-19)22-14-21-23(31-22)28-17-29-24(21)32-10-12-34-13-11-32;1-3-2/h4-7,14-17,30H,1-3,8-13H2,(H,28,29,31);2H2,1H3. The number of hydrogen-bond donors (Lipinski definition) is 3. The van der Waals surface area contributed by atoms with Gasteiger partial charge in [-0.2, -0.15) is 0 Å². The van der Waals surface area contributed by atoms with Gasteiger partial charge < -0.3 is 24.8 Å². The zero-order valence-corrected chi connectivity index (χ0v) is 21.9. The third-order valence-corrected chi connectivity index (χ3v) is 6.48. The summed E-state index contributed by atoms with van der Waals surface area (Å²) in [6, 6.07) is 10.5. The molecule has 0 radical (unpaired) electrons. The van der Waals surface area contributed by atoms with Crippen molar-refractivity contribution in [1.29, 1.82) is 0 Å². The number of nitrogens with zero attached hydrogens (tertiary/aromatic N) is 6. The van der Waals surface area contributed by atoms with Gasteiger partial charge in [-0.15, -0.1) is 0 Å². The molecule has 11 heteroatoms. The largest absolute Gasteiger partial charge is 0.378 e. The Morgan fingerprint density at radius 1 is 0.892 bits per heavy atom. The summed E-state index contributed by atoms with van der Waals surface area (Å²) < 4.78 is 5.49. The first-order chi connectivity index (χ1) is 18.2. The predicted octanol–water partition coefficient (Wildman–Crippen LogP) is 4.21. The van der Waals surface area contributed by atoms with Gasteiger partial charge in [0.2, 0.25) is 5.95 Å². The van der Waals surface area contributed by atoms with E-state index in [0.717, 1.165) is 84.8 Å². The summed E-state index contributed by atoms with van der Waals surface area (Å²) in [7, 11) is 0. The van der Waals surface area contributed by atoms with Crippen molar-refractivity contribution in [2.24, 2.45) is 5.14 Å². The van der Waals surface area contributed by atoms with Crippen molar-refractivity contribution in [3.8, 4) is 11.3 Å². The number of morpholine rings is 1. The smallest absolute Gasteiger partial charge is 0.225 e. The molecule has 2 saturated heterocycles. The van der Waals surface area contributed by atoms with E-state index in [0.29, 0.717) is 0 Å². The van der Waals surface area contributed by atoms with Crippen LogP contribution in [0.3, 0.4) is 0 Å². The van der Waals surface area contributed by atoms with Crippen molar-refractivity contribution in [3.05, 3.63) is 49.1 Å². The molecule has 10 nitrogen and oxygen atoms in total. The molecule has 37 heavy (non-hydrogen) atoms. The summed E-state index contributed by atoms with van der Waals surface area (Å²) in [5.41, 5.74) is 4.83. The fourth-order valence-corrected chi connectivity index (χ4v) is 4.65. The lowest BCUT2D eigenvalue weighted by molar-refractivity contribution is 0.122. The summed E-state index contributed by atoms with van der Waals surface area (Å²) in [4.78, 5) is 26.1. The van der Waals surface area contributed by atoms with Gasteiger partial charge in [0.1, 0.15) is 17.8 Å². The van der Waals surface area contributed by atoms with E-state index < -0.39 is 0 Å². The average molecular weight is 520 g/mol. The Kier molecular flexibility index (Phi) is 8.34. The van der Waals surface area contributed by atoms with Gasteiger partial charge in [-0.1, -0.05) is 24.1 Å². The first-order valence-electron chi connectivity index (χ1n) is 12.6. The van der Waals surface area contributed by atoms with Crippen molar-refractivity contribution >= 4 is 46.1 Å². The number of nitrogens with one attached hydrogen (secondary N) is 2. The number of piperidine rings is 1. The Balaban J connectivity index is 0.000000892. The van der Waals surface area contributed by atoms with E-state index in [4.69, 9.17) is 9.88 Å². The van der Waals surface area contributed by atoms with Crippen molar-refractivity contribution < 1.29 is 4.74 Å². The lowest BCUT2D eigenvalue weighted by Crippen LogP contribution is -2.36. The van der Waals surface area contributed by atoms with Crippen molar-refractivity contribution in [3.63, 3.8) is 0 Å². The highest BCUT2D eigenvalue weighted by Gasteiger charge is 2.18. The van der Waals surface area contributed by atoms with Crippen LogP contribution in [0.2, 0.25) is 0 Å². The average Bonchev–Trinajstić information content (AvgIpc) is 3.40. The summed E-state index contributed by atoms with van der Waals surface area (Å²) in [6.45, 7) is 5.22. The van der Waals surface area contributed by atoms with Crippen LogP contribution in [-0.2, 0) is 4.74 Å². The zero-order valence-electron chi connectivity index (χ0n) is 21.1. The van der Waals surface area contributed by atoms with E-state index in [-0.39, 0.29) is 0 Å². The normalized spacial score (nSPS) is 15.8. The monoisotopic (exact) mass is 519 g/mol. The van der Waals surface area contributed by atoms with E-state index in [1.807, 2.05) is 18.6 Å². The molecule has 1 aromatic carbocycles. The van der Waals surface area contributed by atoms with Gasteiger partial charge in [0.05, 0.1) is 36.7 Å². The molecule has 194 valence electrons. The molecule has 4 aromatic rings. The van der Waals surface area contributed by atoms with Crippen LogP contribution in [0, 0.1) is 0 Å². The van der Waals surface area contributed by atoms with E-state index in [1.165, 1.54) is 31.2 Å². The Morgan fingerprint density at radius 3 is 2.30 bits per heavy atom. The van der Waals surface area contributed by atoms with Gasteiger partial charge in [0.25, 0.3) is 0 Å². The Labute approximate surface area is 221 Å². The molecule has 3 aromatic heterocycles.